The zero-order chi connectivity index (χ0) is 9.14. The van der Waals surface area contributed by atoms with Crippen molar-refractivity contribution in [1.82, 2.24) is 0 Å². The molecule has 0 spiro atoms. The van der Waals surface area contributed by atoms with Crippen molar-refractivity contribution in [3.63, 3.8) is 0 Å². The molecule has 0 saturated carbocycles. The fourth-order valence-electron chi connectivity index (χ4n) is 1.13. The summed E-state index contributed by atoms with van der Waals surface area (Å²) in [5.74, 6) is 0.153. The molecule has 0 aromatic heterocycles. The van der Waals surface area contributed by atoms with Crippen LogP contribution in [0.1, 0.15) is 11.1 Å². The highest BCUT2D eigenvalue weighted by molar-refractivity contribution is 5.56. The van der Waals surface area contributed by atoms with Crippen LogP contribution in [0, 0.1) is 6.92 Å². The number of aryl methyl sites for hydroxylation is 1. The molecule has 0 unspecified atom stereocenters. The summed E-state index contributed by atoms with van der Waals surface area (Å²) < 4.78 is 0. The summed E-state index contributed by atoms with van der Waals surface area (Å²) in [6, 6.07) is 3.46. The molecule has 0 amide bonds. The fraction of sp³-hybridized carbons (Fsp3) is 0.200. The Morgan fingerprint density at radius 1 is 1.58 bits per heavy atom. The zero-order valence-electron chi connectivity index (χ0n) is 7.17. The topological polar surface area (TPSA) is 46.2 Å². The van der Waals surface area contributed by atoms with Crippen LogP contribution in [0.25, 0.3) is 0 Å². The number of anilines is 1. The number of hydrogen-bond acceptors (Lipinski definition) is 2. The number of rotatable bonds is 2. The Bertz CT molecular complexity index is 305. The van der Waals surface area contributed by atoms with E-state index in [9.17, 15) is 5.11 Å². The number of aromatic hydroxyl groups is 1. The van der Waals surface area contributed by atoms with Gasteiger partial charge in [0.05, 0.1) is 5.69 Å². The second-order valence-electron chi connectivity index (χ2n) is 2.83. The van der Waals surface area contributed by atoms with E-state index in [1.165, 1.54) is 0 Å². The van der Waals surface area contributed by atoms with Crippen molar-refractivity contribution < 1.29 is 5.11 Å². The third-order valence-corrected chi connectivity index (χ3v) is 1.85. The van der Waals surface area contributed by atoms with E-state index in [2.05, 4.69) is 6.58 Å². The van der Waals surface area contributed by atoms with Crippen LogP contribution in [0.15, 0.2) is 24.8 Å². The average molecular weight is 163 g/mol. The summed E-state index contributed by atoms with van der Waals surface area (Å²) in [7, 11) is 0. The zero-order valence-corrected chi connectivity index (χ0v) is 7.17. The highest BCUT2D eigenvalue weighted by Crippen LogP contribution is 2.24. The summed E-state index contributed by atoms with van der Waals surface area (Å²) in [4.78, 5) is 0. The Morgan fingerprint density at radius 2 is 2.25 bits per heavy atom. The molecular formula is C10H13NO. The molecule has 0 atom stereocenters. The summed E-state index contributed by atoms with van der Waals surface area (Å²) >= 11 is 0. The highest BCUT2D eigenvalue weighted by atomic mass is 16.3. The van der Waals surface area contributed by atoms with E-state index in [0.717, 1.165) is 17.5 Å². The Kier molecular flexibility index (Phi) is 2.38. The summed E-state index contributed by atoms with van der Waals surface area (Å²) in [6.45, 7) is 5.59. The van der Waals surface area contributed by atoms with Gasteiger partial charge in [-0.25, -0.2) is 0 Å². The maximum absolute atomic E-state index is 9.24. The maximum atomic E-state index is 9.24. The molecule has 0 aliphatic rings. The summed E-state index contributed by atoms with van der Waals surface area (Å²) in [6.07, 6.45) is 2.61. The minimum atomic E-state index is 0.153. The van der Waals surface area contributed by atoms with Crippen LogP contribution in [0.2, 0.25) is 0 Å². The van der Waals surface area contributed by atoms with Crippen LogP contribution in [0.5, 0.6) is 5.75 Å². The van der Waals surface area contributed by atoms with E-state index in [0.29, 0.717) is 5.69 Å². The van der Waals surface area contributed by atoms with Gasteiger partial charge in [-0.05, 0) is 36.6 Å². The van der Waals surface area contributed by atoms with E-state index >= 15 is 0 Å². The van der Waals surface area contributed by atoms with Crippen molar-refractivity contribution in [2.75, 3.05) is 5.73 Å². The van der Waals surface area contributed by atoms with E-state index in [4.69, 9.17) is 5.73 Å². The van der Waals surface area contributed by atoms with Crippen LogP contribution in [0.4, 0.5) is 5.69 Å². The number of nitrogen functional groups attached to an aromatic ring is 1. The number of allylic oxidation sites excluding steroid dienone is 1. The number of nitrogens with two attached hydrogens (primary N) is 1. The summed E-state index contributed by atoms with van der Waals surface area (Å²) in [5, 5.41) is 9.24. The number of phenolic OH excluding ortho intramolecular Hbond substituents is 1. The first-order valence-corrected chi connectivity index (χ1v) is 3.84. The Balaban J connectivity index is 3.13. The smallest absolute Gasteiger partial charge is 0.138 e. The second-order valence-corrected chi connectivity index (χ2v) is 2.83. The molecule has 0 heterocycles. The molecule has 64 valence electrons. The molecule has 0 radical (unpaired) electrons. The van der Waals surface area contributed by atoms with Crippen LogP contribution in [-0.4, -0.2) is 5.11 Å². The second kappa shape index (κ2) is 3.30. The van der Waals surface area contributed by atoms with Crippen LogP contribution >= 0.6 is 0 Å². The minimum absolute atomic E-state index is 0.153. The molecule has 2 heteroatoms. The SMILES string of the molecule is C=CCc1cc(N)c(O)cc1C. The van der Waals surface area contributed by atoms with Crippen molar-refractivity contribution in [3.8, 4) is 5.75 Å². The average Bonchev–Trinajstić information content (AvgIpc) is 2.01. The van der Waals surface area contributed by atoms with Crippen molar-refractivity contribution >= 4 is 5.69 Å². The molecule has 0 bridgehead atoms. The molecule has 0 aliphatic heterocycles. The first kappa shape index (κ1) is 8.65. The molecule has 12 heavy (non-hydrogen) atoms. The largest absolute Gasteiger partial charge is 0.506 e. The summed E-state index contributed by atoms with van der Waals surface area (Å²) in [5.41, 5.74) is 8.12. The predicted octanol–water partition coefficient (Wildman–Crippen LogP) is 2.01. The standard InChI is InChI=1S/C10H13NO/c1-3-4-8-6-9(11)10(12)5-7(8)2/h3,5-6,12H,1,4,11H2,2H3. The Labute approximate surface area is 72.3 Å². The minimum Gasteiger partial charge on any atom is -0.506 e. The Hall–Kier alpha value is -1.44. The predicted molar refractivity (Wildman–Crippen MR) is 51.2 cm³/mol. The lowest BCUT2D eigenvalue weighted by molar-refractivity contribution is 0.477. The first-order valence-electron chi connectivity index (χ1n) is 3.84. The Morgan fingerprint density at radius 3 is 2.83 bits per heavy atom. The molecule has 1 aromatic rings. The van der Waals surface area contributed by atoms with E-state index in [1.54, 1.807) is 12.1 Å². The highest BCUT2D eigenvalue weighted by Gasteiger charge is 2.01. The van der Waals surface area contributed by atoms with Gasteiger partial charge in [0, 0.05) is 0 Å². The van der Waals surface area contributed by atoms with Crippen molar-refractivity contribution in [1.29, 1.82) is 0 Å². The van der Waals surface area contributed by atoms with Gasteiger partial charge in [0.25, 0.3) is 0 Å². The monoisotopic (exact) mass is 163 g/mol. The van der Waals surface area contributed by atoms with Crippen molar-refractivity contribution in [2.24, 2.45) is 0 Å². The van der Waals surface area contributed by atoms with E-state index < -0.39 is 0 Å². The van der Waals surface area contributed by atoms with Gasteiger partial charge in [-0.3, -0.25) is 0 Å². The lowest BCUT2D eigenvalue weighted by atomic mass is 10.0. The van der Waals surface area contributed by atoms with E-state index in [-0.39, 0.29) is 5.75 Å². The molecule has 0 saturated heterocycles. The lowest BCUT2D eigenvalue weighted by Crippen LogP contribution is -1.92. The number of hydrogen-bond donors (Lipinski definition) is 2. The molecule has 0 fully saturated rings. The van der Waals surface area contributed by atoms with Gasteiger partial charge in [0.1, 0.15) is 5.75 Å². The van der Waals surface area contributed by atoms with E-state index in [1.807, 2.05) is 13.0 Å². The number of phenols is 1. The van der Waals surface area contributed by atoms with Gasteiger partial charge in [-0.1, -0.05) is 6.08 Å². The van der Waals surface area contributed by atoms with Crippen LogP contribution < -0.4 is 5.73 Å². The van der Waals surface area contributed by atoms with Gasteiger partial charge in [-0.2, -0.15) is 0 Å². The molecule has 1 rings (SSSR count). The van der Waals surface area contributed by atoms with Crippen molar-refractivity contribution in [2.45, 2.75) is 13.3 Å². The van der Waals surface area contributed by atoms with Crippen LogP contribution in [-0.2, 0) is 6.42 Å². The maximum Gasteiger partial charge on any atom is 0.138 e. The van der Waals surface area contributed by atoms with Crippen molar-refractivity contribution in [3.05, 3.63) is 35.9 Å². The van der Waals surface area contributed by atoms with Crippen LogP contribution in [0.3, 0.4) is 0 Å². The first-order chi connectivity index (χ1) is 5.65. The molecule has 0 aliphatic carbocycles. The van der Waals surface area contributed by atoms with Gasteiger partial charge in [0.2, 0.25) is 0 Å². The quantitative estimate of drug-likeness (QED) is 0.398. The lowest BCUT2D eigenvalue weighted by Gasteiger charge is -2.05. The normalized spacial score (nSPS) is 9.75. The molecular weight excluding hydrogens is 150 g/mol. The third-order valence-electron chi connectivity index (χ3n) is 1.85. The van der Waals surface area contributed by atoms with Gasteiger partial charge < -0.3 is 10.8 Å². The molecule has 1 aromatic carbocycles. The van der Waals surface area contributed by atoms with Gasteiger partial charge in [-0.15, -0.1) is 6.58 Å². The van der Waals surface area contributed by atoms with Gasteiger partial charge >= 0.3 is 0 Å². The van der Waals surface area contributed by atoms with Gasteiger partial charge in [0.15, 0.2) is 0 Å². The molecule has 2 nitrogen and oxygen atoms in total. The third kappa shape index (κ3) is 1.59. The molecule has 3 N–H and O–H groups in total. The number of benzene rings is 1. The fourth-order valence-corrected chi connectivity index (χ4v) is 1.13.